The molecule has 6 aromatic carbocycles. The van der Waals surface area contributed by atoms with Crippen LogP contribution in [0.4, 0.5) is 0 Å². The lowest BCUT2D eigenvalue weighted by Crippen LogP contribution is -2.38. The van der Waals surface area contributed by atoms with Gasteiger partial charge in [-0.1, -0.05) is 140 Å². The van der Waals surface area contributed by atoms with Gasteiger partial charge in [0.2, 0.25) is 0 Å². The molecule has 8 heteroatoms. The third-order valence-electron chi connectivity index (χ3n) is 9.90. The summed E-state index contributed by atoms with van der Waals surface area (Å²) in [4.78, 5) is 25.4. The molecule has 3 aliphatic rings. The number of aliphatic imine (C=N–C) groups is 2. The predicted molar refractivity (Wildman–Crippen MR) is 220 cm³/mol. The van der Waals surface area contributed by atoms with Crippen LogP contribution in [0.15, 0.2) is 192 Å². The first-order chi connectivity index (χ1) is 27.7. The predicted octanol–water partition coefficient (Wildman–Crippen LogP) is 9.53. The maximum absolute atomic E-state index is 6.47. The summed E-state index contributed by atoms with van der Waals surface area (Å²) in [6, 6.07) is 54.5. The molecule has 0 bridgehead atoms. The van der Waals surface area contributed by atoms with Crippen LogP contribution in [0, 0.1) is 0 Å². The molecule has 0 saturated heterocycles. The number of hydrogen-bond donors (Lipinski definition) is 1. The molecule has 0 fully saturated rings. The summed E-state index contributed by atoms with van der Waals surface area (Å²) < 4.78 is 12.8. The van der Waals surface area contributed by atoms with Crippen LogP contribution in [0.3, 0.4) is 0 Å². The minimum Gasteiger partial charge on any atom is -0.478 e. The third kappa shape index (κ3) is 6.65. The minimum absolute atomic E-state index is 0.248. The van der Waals surface area contributed by atoms with Gasteiger partial charge in [0.05, 0.1) is 0 Å². The van der Waals surface area contributed by atoms with Gasteiger partial charge in [0.15, 0.2) is 47.0 Å². The molecular weight excluding hydrogens is 693 g/mol. The molecule has 0 saturated carbocycles. The fraction of sp³-hybridized carbons (Fsp3) is 0.0625. The Morgan fingerprint density at radius 3 is 1.59 bits per heavy atom. The zero-order valence-electron chi connectivity index (χ0n) is 30.1. The van der Waals surface area contributed by atoms with Crippen LogP contribution in [-0.4, -0.2) is 38.8 Å². The number of rotatable bonds is 7. The molecule has 3 heterocycles. The Morgan fingerprint density at radius 1 is 0.464 bits per heavy atom. The summed E-state index contributed by atoms with van der Waals surface area (Å²) in [6.07, 6.45) is 5.37. The Hall–Kier alpha value is -7.45. The zero-order chi connectivity index (χ0) is 37.3. The van der Waals surface area contributed by atoms with Gasteiger partial charge in [-0.2, -0.15) is 0 Å². The monoisotopic (exact) mass is 726 g/mol. The van der Waals surface area contributed by atoms with Crippen molar-refractivity contribution in [2.45, 2.75) is 18.4 Å². The number of amidine groups is 2. The van der Waals surface area contributed by atoms with E-state index >= 15 is 0 Å². The zero-order valence-corrected chi connectivity index (χ0v) is 30.1. The van der Waals surface area contributed by atoms with Crippen molar-refractivity contribution in [3.8, 4) is 45.7 Å². The van der Waals surface area contributed by atoms with Crippen molar-refractivity contribution in [2.24, 2.45) is 9.98 Å². The highest BCUT2D eigenvalue weighted by atomic mass is 16.6. The summed E-state index contributed by atoms with van der Waals surface area (Å²) in [7, 11) is 0. The lowest BCUT2D eigenvalue weighted by molar-refractivity contribution is 0.0761. The van der Waals surface area contributed by atoms with Gasteiger partial charge in [0.1, 0.15) is 12.0 Å². The van der Waals surface area contributed by atoms with Gasteiger partial charge in [0.25, 0.3) is 0 Å². The van der Waals surface area contributed by atoms with Crippen molar-refractivity contribution < 1.29 is 9.47 Å². The van der Waals surface area contributed by atoms with Crippen molar-refractivity contribution in [3.05, 3.63) is 204 Å². The van der Waals surface area contributed by atoms with Gasteiger partial charge in [-0.15, -0.1) is 0 Å². The van der Waals surface area contributed by atoms with E-state index in [2.05, 4.69) is 53.9 Å². The molecule has 1 N–H and O–H groups in total. The summed E-state index contributed by atoms with van der Waals surface area (Å²) in [5.74, 6) is 4.50. The van der Waals surface area contributed by atoms with E-state index in [4.69, 9.17) is 34.4 Å². The van der Waals surface area contributed by atoms with Crippen LogP contribution in [0.5, 0.6) is 11.5 Å². The first-order valence-corrected chi connectivity index (χ1v) is 18.6. The Balaban J connectivity index is 1.14. The number of fused-ring (bicyclic) bond motifs is 2. The Bertz CT molecular complexity index is 2620. The van der Waals surface area contributed by atoms with Crippen LogP contribution < -0.4 is 14.8 Å². The van der Waals surface area contributed by atoms with Gasteiger partial charge in [-0.25, -0.2) is 24.9 Å². The summed E-state index contributed by atoms with van der Waals surface area (Å²) in [5, 5.41) is 3.65. The summed E-state index contributed by atoms with van der Waals surface area (Å²) in [6.45, 7) is 0. The van der Waals surface area contributed by atoms with Crippen LogP contribution in [0.2, 0.25) is 0 Å². The molecule has 7 aromatic rings. The summed E-state index contributed by atoms with van der Waals surface area (Å²) in [5.41, 5.74) is 7.34. The van der Waals surface area contributed by atoms with Gasteiger partial charge >= 0.3 is 0 Å². The quantitative estimate of drug-likeness (QED) is 0.176. The number of nitrogens with zero attached hydrogens (tertiary/aromatic N) is 5. The molecule has 3 unspecified atom stereocenters. The van der Waals surface area contributed by atoms with Crippen molar-refractivity contribution in [1.29, 1.82) is 0 Å². The fourth-order valence-corrected chi connectivity index (χ4v) is 7.09. The average Bonchev–Trinajstić information content (AvgIpc) is 3.29. The lowest BCUT2D eigenvalue weighted by Gasteiger charge is -2.33. The normalized spacial score (nSPS) is 18.1. The third-order valence-corrected chi connectivity index (χ3v) is 9.90. The van der Waals surface area contributed by atoms with Gasteiger partial charge < -0.3 is 14.8 Å². The van der Waals surface area contributed by atoms with E-state index in [-0.39, 0.29) is 18.4 Å². The molecule has 10 rings (SSSR count). The van der Waals surface area contributed by atoms with Gasteiger partial charge in [-0.3, -0.25) is 0 Å². The first kappa shape index (κ1) is 33.1. The highest BCUT2D eigenvalue weighted by Gasteiger charge is 2.31. The average molecular weight is 727 g/mol. The highest BCUT2D eigenvalue weighted by Crippen LogP contribution is 2.38. The summed E-state index contributed by atoms with van der Waals surface area (Å²) >= 11 is 0. The molecule has 2 aliphatic heterocycles. The van der Waals surface area contributed by atoms with E-state index in [1.54, 1.807) is 0 Å². The maximum Gasteiger partial charge on any atom is 0.164 e. The van der Waals surface area contributed by atoms with E-state index in [1.807, 2.05) is 133 Å². The van der Waals surface area contributed by atoms with E-state index in [0.717, 1.165) is 56.0 Å². The standard InChI is InChI=1S/C48H34N6O2/c1-5-15-31(16-6-1)43-49-44(32-17-7-2-8-18-32)52-47(51-43)37-27-36(35-25-26-41-42(30-35)56-40-24-14-13-23-39(40)55-41)28-38(29-37)48-53-45(33-19-9-3-10-20-33)50-46(54-48)34-21-11-4-12-22-34/h1-30,41-43H,(H,49,51,52). The van der Waals surface area contributed by atoms with Crippen molar-refractivity contribution >= 4 is 17.2 Å². The van der Waals surface area contributed by atoms with Gasteiger partial charge in [-0.05, 0) is 59.2 Å². The Kier molecular flexibility index (Phi) is 8.53. The molecule has 3 atom stereocenters. The molecule has 268 valence electrons. The molecule has 56 heavy (non-hydrogen) atoms. The molecule has 0 radical (unpaired) electrons. The number of ether oxygens (including phenoxy) is 2. The lowest BCUT2D eigenvalue weighted by atomic mass is 9.92. The topological polar surface area (TPSA) is 93.9 Å². The van der Waals surface area contributed by atoms with Crippen molar-refractivity contribution in [1.82, 2.24) is 20.3 Å². The smallest absolute Gasteiger partial charge is 0.164 e. The number of hydrogen-bond acceptors (Lipinski definition) is 8. The molecular formula is C48H34N6O2. The minimum atomic E-state index is -0.361. The van der Waals surface area contributed by atoms with Crippen molar-refractivity contribution in [3.63, 3.8) is 0 Å². The molecule has 0 amide bonds. The van der Waals surface area contributed by atoms with E-state index in [9.17, 15) is 0 Å². The van der Waals surface area contributed by atoms with Crippen molar-refractivity contribution in [2.75, 3.05) is 0 Å². The van der Waals surface area contributed by atoms with Crippen LogP contribution in [0.25, 0.3) is 39.7 Å². The van der Waals surface area contributed by atoms with Crippen LogP contribution in [-0.2, 0) is 0 Å². The largest absolute Gasteiger partial charge is 0.478 e. The second-order valence-corrected chi connectivity index (χ2v) is 13.7. The SMILES string of the molecule is C1=CC2Oc3ccccc3OC2C=C1c1cc(C2=NC(c3ccccc3)=NC(c3ccccc3)N2)cc(-c2nc(-c3ccccc3)nc(-c3ccccc3)n2)c1. The number of aromatic nitrogens is 3. The van der Waals surface area contributed by atoms with Gasteiger partial charge in [0, 0.05) is 27.8 Å². The molecule has 1 aliphatic carbocycles. The first-order valence-electron chi connectivity index (χ1n) is 18.6. The van der Waals surface area contributed by atoms with E-state index in [1.165, 1.54) is 0 Å². The van der Waals surface area contributed by atoms with E-state index < -0.39 is 0 Å². The maximum atomic E-state index is 6.47. The number of para-hydroxylation sites is 2. The van der Waals surface area contributed by atoms with E-state index in [0.29, 0.717) is 29.1 Å². The Morgan fingerprint density at radius 2 is 0.964 bits per heavy atom. The Labute approximate surface area is 324 Å². The molecule has 0 spiro atoms. The number of benzene rings is 6. The van der Waals surface area contributed by atoms with Crippen LogP contribution >= 0.6 is 0 Å². The second-order valence-electron chi connectivity index (χ2n) is 13.7. The molecule has 8 nitrogen and oxygen atoms in total. The molecule has 1 aromatic heterocycles. The highest BCUT2D eigenvalue weighted by molar-refractivity contribution is 6.13. The number of nitrogens with one attached hydrogen (secondary N) is 1. The number of allylic oxidation sites excluding steroid dienone is 2. The fourth-order valence-electron chi connectivity index (χ4n) is 7.09. The van der Waals surface area contributed by atoms with Crippen LogP contribution in [0.1, 0.15) is 28.4 Å². The second kappa shape index (κ2) is 14.4.